The van der Waals surface area contributed by atoms with Crippen molar-refractivity contribution < 1.29 is 35.3 Å². The predicted molar refractivity (Wildman–Crippen MR) is 581 cm³/mol. The van der Waals surface area contributed by atoms with Gasteiger partial charge in [0.1, 0.15) is 89.3 Å². The molecule has 24 aromatic rings. The fourth-order valence-corrected chi connectivity index (χ4v) is 19.0. The van der Waals surface area contributed by atoms with Gasteiger partial charge in [0.2, 0.25) is 0 Å². The van der Waals surface area contributed by atoms with E-state index in [1.165, 1.54) is 264 Å². The Morgan fingerprint density at radius 3 is 0.184 bits per heavy atom. The second-order valence-corrected chi connectivity index (χ2v) is 39.0. The zero-order valence-corrected chi connectivity index (χ0v) is 85.7. The molecule has 16 aromatic carbocycles. The average molecular weight is 1790 g/mol. The van der Waals surface area contributed by atoms with E-state index >= 15 is 0 Å². The Labute approximate surface area is 799 Å². The Kier molecular flexibility index (Phi) is 25.2. The minimum Gasteiger partial charge on any atom is -0.455 e. The molecule has 24 rings (SSSR count). The molecule has 136 heavy (non-hydrogen) atoms. The van der Waals surface area contributed by atoms with Crippen molar-refractivity contribution >= 4 is 176 Å². The van der Waals surface area contributed by atoms with E-state index in [1.807, 2.05) is 0 Å². The van der Waals surface area contributed by atoms with Crippen molar-refractivity contribution in [2.75, 3.05) is 0 Å². The number of aryl methyl sites for hydroxylation is 32. The van der Waals surface area contributed by atoms with E-state index in [2.05, 4.69) is 416 Å². The van der Waals surface area contributed by atoms with Crippen LogP contribution in [0.1, 0.15) is 178 Å². The minimum atomic E-state index is 1.04. The van der Waals surface area contributed by atoms with Gasteiger partial charge in [-0.15, -0.1) is 0 Å². The van der Waals surface area contributed by atoms with Gasteiger partial charge in [-0.05, 0) is 400 Å². The van der Waals surface area contributed by atoms with Gasteiger partial charge in [-0.25, -0.2) is 0 Å². The molecular formula is C128H128O8. The van der Waals surface area contributed by atoms with Gasteiger partial charge in [-0.1, -0.05) is 194 Å². The summed E-state index contributed by atoms with van der Waals surface area (Å²) in [4.78, 5) is 0. The van der Waals surface area contributed by atoms with Crippen molar-refractivity contribution in [3.05, 3.63) is 372 Å². The summed E-state index contributed by atoms with van der Waals surface area (Å²) in [6, 6.07) is 69.3. The number of benzene rings is 16. The van der Waals surface area contributed by atoms with Crippen LogP contribution in [-0.4, -0.2) is 0 Å². The molecule has 0 unspecified atom stereocenters. The topological polar surface area (TPSA) is 105 Å². The van der Waals surface area contributed by atoms with E-state index in [9.17, 15) is 0 Å². The Balaban J connectivity index is 0.000000108. The van der Waals surface area contributed by atoms with Crippen LogP contribution in [0.15, 0.2) is 229 Å². The van der Waals surface area contributed by atoms with E-state index in [0.717, 1.165) is 89.3 Å². The summed E-state index contributed by atoms with van der Waals surface area (Å²) in [5.74, 6) is 0. The summed E-state index contributed by atoms with van der Waals surface area (Å²) in [6.45, 7) is 68.0. The van der Waals surface area contributed by atoms with Crippen LogP contribution in [0.4, 0.5) is 0 Å². The van der Waals surface area contributed by atoms with Crippen molar-refractivity contribution in [1.29, 1.82) is 0 Å². The van der Waals surface area contributed by atoms with Gasteiger partial charge in [0, 0.05) is 86.2 Å². The number of fused-ring (bicyclic) bond motifs is 24. The first-order valence-electron chi connectivity index (χ1n) is 47.8. The van der Waals surface area contributed by atoms with Gasteiger partial charge in [-0.2, -0.15) is 0 Å². The summed E-state index contributed by atoms with van der Waals surface area (Å²) in [7, 11) is 0. The largest absolute Gasteiger partial charge is 0.455 e. The summed E-state index contributed by atoms with van der Waals surface area (Å²) >= 11 is 0. The first-order valence-corrected chi connectivity index (χ1v) is 47.8. The molecule has 8 aromatic heterocycles. The molecule has 0 fully saturated rings. The van der Waals surface area contributed by atoms with E-state index in [1.54, 1.807) is 0 Å². The molecule has 0 N–H and O–H groups in total. The monoisotopic (exact) mass is 1790 g/mol. The molecule has 0 spiro atoms. The molecule has 688 valence electrons. The van der Waals surface area contributed by atoms with Crippen molar-refractivity contribution in [1.82, 2.24) is 0 Å². The van der Waals surface area contributed by atoms with Crippen LogP contribution in [0, 0.1) is 222 Å². The number of furan rings is 8. The van der Waals surface area contributed by atoms with Crippen LogP contribution in [0.3, 0.4) is 0 Å². The van der Waals surface area contributed by atoms with E-state index < -0.39 is 0 Å². The van der Waals surface area contributed by atoms with Gasteiger partial charge < -0.3 is 35.3 Å². The van der Waals surface area contributed by atoms with Crippen molar-refractivity contribution in [2.45, 2.75) is 222 Å². The van der Waals surface area contributed by atoms with E-state index in [4.69, 9.17) is 35.3 Å². The highest BCUT2D eigenvalue weighted by Gasteiger charge is 2.22. The average Bonchev–Trinajstić information content (AvgIpc) is 1.67. The molecule has 0 amide bonds. The standard InChI is InChI=1S/8C16H16O/c8*1-9-5-7-13-14-8-6-10(2)12(4)16(14)17-15(13)11(9)3/h8*5-8H,1-4H3. The molecular weight excluding hydrogens is 1670 g/mol. The molecule has 0 aliphatic rings. The zero-order chi connectivity index (χ0) is 97.2. The molecule has 0 atom stereocenters. The third-order valence-corrected chi connectivity index (χ3v) is 30.8. The van der Waals surface area contributed by atoms with Crippen molar-refractivity contribution in [3.8, 4) is 0 Å². The molecule has 0 saturated heterocycles. The lowest BCUT2D eigenvalue weighted by molar-refractivity contribution is 0.661. The van der Waals surface area contributed by atoms with Gasteiger partial charge in [0.25, 0.3) is 0 Å². The number of rotatable bonds is 0. The lowest BCUT2D eigenvalue weighted by Crippen LogP contribution is -1.80. The summed E-state index contributed by atoms with van der Waals surface area (Å²) in [5.41, 5.74) is 57.0. The Morgan fingerprint density at radius 1 is 0.0809 bits per heavy atom. The van der Waals surface area contributed by atoms with Crippen LogP contribution in [0.5, 0.6) is 0 Å². The fourth-order valence-electron chi connectivity index (χ4n) is 19.0. The smallest absolute Gasteiger partial charge is 0.138 e. The van der Waals surface area contributed by atoms with Gasteiger partial charge in [-0.3, -0.25) is 0 Å². The highest BCUT2D eigenvalue weighted by atomic mass is 16.4. The van der Waals surface area contributed by atoms with Crippen LogP contribution >= 0.6 is 0 Å². The molecule has 0 aliphatic carbocycles. The summed E-state index contributed by atoms with van der Waals surface area (Å²) in [6.07, 6.45) is 0. The van der Waals surface area contributed by atoms with Gasteiger partial charge in [0.05, 0.1) is 0 Å². The normalized spacial score (nSPS) is 11.5. The highest BCUT2D eigenvalue weighted by Crippen LogP contribution is 2.44. The molecule has 8 nitrogen and oxygen atoms in total. The first kappa shape index (κ1) is 93.7. The molecule has 0 radical (unpaired) electrons. The second-order valence-electron chi connectivity index (χ2n) is 39.0. The SMILES string of the molecule is Cc1ccc2c(oc3c(C)c(C)ccc32)c1C.Cc1ccc2c(oc3c(C)c(C)ccc32)c1C.Cc1ccc2c(oc3c(C)c(C)ccc32)c1C.Cc1ccc2c(oc3c(C)c(C)ccc32)c1C.Cc1ccc2c(oc3c(C)c(C)ccc32)c1C.Cc1ccc2c(oc3c(C)c(C)ccc32)c1C.Cc1ccc2c(oc3c(C)c(C)ccc32)c1C.Cc1ccc2c(oc3c(C)c(C)ccc32)c1C. The maximum absolute atomic E-state index is 6.08. The Hall–Kier alpha value is -14.1. The fraction of sp³-hybridized carbons (Fsp3) is 0.250. The zero-order valence-electron chi connectivity index (χ0n) is 85.7. The lowest BCUT2D eigenvalue weighted by Gasteiger charge is -1.98. The summed E-state index contributed by atoms with van der Waals surface area (Å²) in [5, 5.41) is 19.6. The third-order valence-electron chi connectivity index (χ3n) is 30.8. The first-order chi connectivity index (χ1) is 64.7. The lowest BCUT2D eigenvalue weighted by atomic mass is 10.0. The van der Waals surface area contributed by atoms with Crippen molar-refractivity contribution in [2.24, 2.45) is 0 Å². The molecule has 0 bridgehead atoms. The van der Waals surface area contributed by atoms with E-state index in [-0.39, 0.29) is 0 Å². The summed E-state index contributed by atoms with van der Waals surface area (Å²) < 4.78 is 48.6. The minimum absolute atomic E-state index is 1.04. The molecule has 0 saturated carbocycles. The number of hydrogen-bond donors (Lipinski definition) is 0. The van der Waals surface area contributed by atoms with Crippen LogP contribution in [-0.2, 0) is 0 Å². The molecule has 0 aliphatic heterocycles. The van der Waals surface area contributed by atoms with Crippen molar-refractivity contribution in [3.63, 3.8) is 0 Å². The second kappa shape index (κ2) is 36.6. The van der Waals surface area contributed by atoms with Gasteiger partial charge in [0.15, 0.2) is 0 Å². The van der Waals surface area contributed by atoms with Crippen LogP contribution in [0.2, 0.25) is 0 Å². The maximum atomic E-state index is 6.08. The number of hydrogen-bond acceptors (Lipinski definition) is 8. The maximum Gasteiger partial charge on any atom is 0.138 e. The Morgan fingerprint density at radius 2 is 0.132 bits per heavy atom. The predicted octanol–water partition coefficient (Wildman–Crippen LogP) is 38.6. The van der Waals surface area contributed by atoms with E-state index in [0.29, 0.717) is 0 Å². The van der Waals surface area contributed by atoms with Gasteiger partial charge >= 0.3 is 0 Å². The quantitative estimate of drug-likeness (QED) is 0.148. The van der Waals surface area contributed by atoms with Crippen LogP contribution < -0.4 is 0 Å². The highest BCUT2D eigenvalue weighted by molar-refractivity contribution is 6.14. The van der Waals surface area contributed by atoms with Crippen LogP contribution in [0.25, 0.3) is 176 Å². The molecule has 8 heteroatoms. The molecule has 8 heterocycles. The third kappa shape index (κ3) is 16.4. The Bertz CT molecular complexity index is 6920.